The van der Waals surface area contributed by atoms with Crippen LogP contribution < -0.4 is 4.74 Å². The van der Waals surface area contributed by atoms with Gasteiger partial charge in [0.2, 0.25) is 0 Å². The zero-order valence-corrected chi connectivity index (χ0v) is 15.4. The van der Waals surface area contributed by atoms with Crippen LogP contribution in [0.25, 0.3) is 0 Å². The summed E-state index contributed by atoms with van der Waals surface area (Å²) in [5, 5.41) is 20.9. The Morgan fingerprint density at radius 1 is 1.11 bits per heavy atom. The van der Waals surface area contributed by atoms with Crippen molar-refractivity contribution in [3.63, 3.8) is 0 Å². The molecule has 1 aliphatic rings. The Kier molecular flexibility index (Phi) is 6.79. The van der Waals surface area contributed by atoms with Crippen molar-refractivity contribution in [1.82, 2.24) is 4.90 Å². The number of hydrogen-bond acceptors (Lipinski definition) is 5. The lowest BCUT2D eigenvalue weighted by molar-refractivity contribution is -0.384. The van der Waals surface area contributed by atoms with Crippen LogP contribution in [0.2, 0.25) is 0 Å². The number of piperidine rings is 1. The Bertz CT molecular complexity index is 713. The highest BCUT2D eigenvalue weighted by molar-refractivity contribution is 5.35. The third-order valence-corrected chi connectivity index (χ3v) is 5.03. The van der Waals surface area contributed by atoms with Crippen LogP contribution in [-0.2, 0) is 6.42 Å². The number of nitro benzene ring substituents is 1. The van der Waals surface area contributed by atoms with Crippen LogP contribution in [0.1, 0.15) is 18.4 Å². The molecule has 0 spiro atoms. The van der Waals surface area contributed by atoms with E-state index in [1.807, 2.05) is 6.07 Å². The molecule has 27 heavy (non-hydrogen) atoms. The molecule has 0 saturated carbocycles. The number of nitrogens with zero attached hydrogens (tertiary/aromatic N) is 2. The maximum Gasteiger partial charge on any atom is 0.269 e. The second kappa shape index (κ2) is 9.48. The van der Waals surface area contributed by atoms with Gasteiger partial charge in [-0.2, -0.15) is 0 Å². The Balaban J connectivity index is 1.36. The molecule has 0 amide bonds. The molecule has 6 heteroatoms. The van der Waals surface area contributed by atoms with Crippen molar-refractivity contribution in [1.29, 1.82) is 0 Å². The summed E-state index contributed by atoms with van der Waals surface area (Å²) >= 11 is 0. The van der Waals surface area contributed by atoms with Crippen LogP contribution >= 0.6 is 0 Å². The van der Waals surface area contributed by atoms with Crippen LogP contribution in [0.15, 0.2) is 54.6 Å². The highest BCUT2D eigenvalue weighted by Gasteiger charge is 2.21. The van der Waals surface area contributed by atoms with Gasteiger partial charge in [-0.05, 0) is 56.0 Å². The summed E-state index contributed by atoms with van der Waals surface area (Å²) in [6.45, 7) is 2.75. The van der Waals surface area contributed by atoms with E-state index in [9.17, 15) is 15.2 Å². The summed E-state index contributed by atoms with van der Waals surface area (Å²) in [7, 11) is 0. The minimum absolute atomic E-state index is 0.0290. The molecule has 1 atom stereocenters. The van der Waals surface area contributed by atoms with Crippen LogP contribution in [0, 0.1) is 16.0 Å². The molecular weight excluding hydrogens is 344 g/mol. The standard InChI is InChI=1S/C21H26N2O4/c24-20(16-27-21-8-6-19(7-9-21)23(25)26)15-22-12-10-18(11-13-22)14-17-4-2-1-3-5-17/h1-9,18,20,24H,10-16H2/t20-/m0/s1. The van der Waals surface area contributed by atoms with E-state index >= 15 is 0 Å². The SMILES string of the molecule is O=[N+]([O-])c1ccc(OC[C@@H](O)CN2CCC(Cc3ccccc3)CC2)cc1. The maximum atomic E-state index is 10.6. The summed E-state index contributed by atoms with van der Waals surface area (Å²) in [5.74, 6) is 1.23. The van der Waals surface area contributed by atoms with Crippen molar-refractivity contribution < 1.29 is 14.8 Å². The van der Waals surface area contributed by atoms with Gasteiger partial charge in [0.25, 0.3) is 5.69 Å². The second-order valence-corrected chi connectivity index (χ2v) is 7.15. The van der Waals surface area contributed by atoms with Gasteiger partial charge in [-0.1, -0.05) is 30.3 Å². The van der Waals surface area contributed by atoms with Crippen molar-refractivity contribution in [2.75, 3.05) is 26.2 Å². The minimum atomic E-state index is -0.578. The van der Waals surface area contributed by atoms with E-state index in [-0.39, 0.29) is 12.3 Å². The van der Waals surface area contributed by atoms with E-state index in [4.69, 9.17) is 4.74 Å². The van der Waals surface area contributed by atoms with Crippen LogP contribution in [0.4, 0.5) is 5.69 Å². The van der Waals surface area contributed by atoms with Crippen molar-refractivity contribution in [3.05, 3.63) is 70.3 Å². The lowest BCUT2D eigenvalue weighted by atomic mass is 9.90. The number of ether oxygens (including phenoxy) is 1. The first kappa shape index (κ1) is 19.3. The molecule has 1 aliphatic heterocycles. The molecule has 0 aliphatic carbocycles. The van der Waals surface area contributed by atoms with Gasteiger partial charge in [-0.25, -0.2) is 0 Å². The Morgan fingerprint density at radius 2 is 1.78 bits per heavy atom. The molecule has 2 aromatic carbocycles. The number of aliphatic hydroxyl groups is 1. The maximum absolute atomic E-state index is 10.6. The molecule has 0 aromatic heterocycles. The third-order valence-electron chi connectivity index (χ3n) is 5.03. The minimum Gasteiger partial charge on any atom is -0.491 e. The normalized spacial score (nSPS) is 16.8. The van der Waals surface area contributed by atoms with Crippen molar-refractivity contribution in [3.8, 4) is 5.75 Å². The van der Waals surface area contributed by atoms with E-state index in [0.29, 0.717) is 18.2 Å². The lowest BCUT2D eigenvalue weighted by Gasteiger charge is -2.33. The first-order chi connectivity index (χ1) is 13.1. The topological polar surface area (TPSA) is 75.8 Å². The molecule has 1 saturated heterocycles. The summed E-state index contributed by atoms with van der Waals surface area (Å²) in [4.78, 5) is 12.5. The number of likely N-dealkylation sites (tertiary alicyclic amines) is 1. The molecule has 0 radical (unpaired) electrons. The molecule has 0 bridgehead atoms. The largest absolute Gasteiger partial charge is 0.491 e. The fraction of sp³-hybridized carbons (Fsp3) is 0.429. The van der Waals surface area contributed by atoms with Crippen LogP contribution in [0.5, 0.6) is 5.75 Å². The number of aliphatic hydroxyl groups excluding tert-OH is 1. The molecule has 2 aromatic rings. The van der Waals surface area contributed by atoms with E-state index in [2.05, 4.69) is 29.2 Å². The van der Waals surface area contributed by atoms with Gasteiger partial charge in [0, 0.05) is 18.7 Å². The molecular formula is C21H26N2O4. The number of β-amino-alcohol motifs (C(OH)–C–C–N with tert-alkyl or cyclic N) is 1. The Morgan fingerprint density at radius 3 is 2.41 bits per heavy atom. The van der Waals surface area contributed by atoms with E-state index in [0.717, 1.165) is 32.4 Å². The molecule has 0 unspecified atom stereocenters. The Hall–Kier alpha value is -2.44. The molecule has 6 nitrogen and oxygen atoms in total. The number of rotatable bonds is 8. The average molecular weight is 370 g/mol. The van der Waals surface area contributed by atoms with E-state index < -0.39 is 11.0 Å². The summed E-state index contributed by atoms with van der Waals surface area (Å²) in [6.07, 6.45) is 2.83. The van der Waals surface area contributed by atoms with E-state index in [1.165, 1.54) is 17.7 Å². The smallest absolute Gasteiger partial charge is 0.269 e. The summed E-state index contributed by atoms with van der Waals surface area (Å²) < 4.78 is 5.54. The van der Waals surface area contributed by atoms with Gasteiger partial charge >= 0.3 is 0 Å². The van der Waals surface area contributed by atoms with Gasteiger partial charge in [-0.15, -0.1) is 0 Å². The van der Waals surface area contributed by atoms with Gasteiger partial charge in [0.05, 0.1) is 4.92 Å². The van der Waals surface area contributed by atoms with Gasteiger partial charge in [0.15, 0.2) is 0 Å². The van der Waals surface area contributed by atoms with Gasteiger partial charge < -0.3 is 14.7 Å². The predicted octanol–water partition coefficient (Wildman–Crippen LogP) is 3.29. The summed E-state index contributed by atoms with van der Waals surface area (Å²) in [6, 6.07) is 16.5. The number of non-ortho nitro benzene ring substituents is 1. The molecule has 1 N–H and O–H groups in total. The summed E-state index contributed by atoms with van der Waals surface area (Å²) in [5.41, 5.74) is 1.42. The predicted molar refractivity (Wildman–Crippen MR) is 104 cm³/mol. The monoisotopic (exact) mass is 370 g/mol. The molecule has 1 fully saturated rings. The highest BCUT2D eigenvalue weighted by atomic mass is 16.6. The van der Waals surface area contributed by atoms with Crippen molar-refractivity contribution in [2.45, 2.75) is 25.4 Å². The number of nitro groups is 1. The fourth-order valence-electron chi connectivity index (χ4n) is 3.53. The highest BCUT2D eigenvalue weighted by Crippen LogP contribution is 2.22. The van der Waals surface area contributed by atoms with Crippen molar-refractivity contribution >= 4 is 5.69 Å². The number of benzene rings is 2. The first-order valence-corrected chi connectivity index (χ1v) is 9.42. The number of hydrogen-bond donors (Lipinski definition) is 1. The zero-order valence-electron chi connectivity index (χ0n) is 15.4. The van der Waals surface area contributed by atoms with Crippen LogP contribution in [0.3, 0.4) is 0 Å². The molecule has 3 rings (SSSR count). The molecule has 1 heterocycles. The quantitative estimate of drug-likeness (QED) is 0.570. The van der Waals surface area contributed by atoms with Gasteiger partial charge in [0.1, 0.15) is 18.5 Å². The molecule has 144 valence electrons. The zero-order chi connectivity index (χ0) is 19.1. The Labute approximate surface area is 159 Å². The average Bonchev–Trinajstić information content (AvgIpc) is 2.69. The fourth-order valence-corrected chi connectivity index (χ4v) is 3.53. The van der Waals surface area contributed by atoms with E-state index in [1.54, 1.807) is 12.1 Å². The lowest BCUT2D eigenvalue weighted by Crippen LogP contribution is -2.41. The second-order valence-electron chi connectivity index (χ2n) is 7.15. The van der Waals surface area contributed by atoms with Gasteiger partial charge in [-0.3, -0.25) is 10.1 Å². The van der Waals surface area contributed by atoms with Crippen molar-refractivity contribution in [2.24, 2.45) is 5.92 Å². The van der Waals surface area contributed by atoms with Crippen LogP contribution in [-0.4, -0.2) is 47.3 Å². The first-order valence-electron chi connectivity index (χ1n) is 9.42. The third kappa shape index (κ3) is 6.05.